The number of rotatable bonds is 10. The highest BCUT2D eigenvalue weighted by molar-refractivity contribution is 8.15. The van der Waals surface area contributed by atoms with E-state index in [0.29, 0.717) is 28.8 Å². The average molecular weight is 552 g/mol. The number of nitrogens with zero attached hydrogens (tertiary/aromatic N) is 2. The van der Waals surface area contributed by atoms with Gasteiger partial charge in [-0.25, -0.2) is 14.2 Å². The monoisotopic (exact) mass is 551 g/mol. The number of carbonyl (C=O) groups excluding carboxylic acids is 2. The number of aromatic carboxylic acids is 1. The Hall–Kier alpha value is -4.38. The number of carbonyl (C=O) groups is 3. The second-order valence-corrected chi connectivity index (χ2v) is 9.69. The maximum Gasteiger partial charge on any atom is 0.335 e. The number of carboxylic acid groups (broad SMARTS) is 1. The van der Waals surface area contributed by atoms with Crippen LogP contribution in [-0.2, 0) is 16.0 Å². The van der Waals surface area contributed by atoms with Crippen molar-refractivity contribution in [3.63, 3.8) is 0 Å². The highest BCUT2D eigenvalue weighted by Crippen LogP contribution is 2.33. The van der Waals surface area contributed by atoms with Crippen LogP contribution in [0, 0.1) is 5.82 Å². The summed E-state index contributed by atoms with van der Waals surface area (Å²) in [6, 6.07) is 17.2. The Kier molecular flexibility index (Phi) is 8.82. The molecule has 3 aromatic rings. The van der Waals surface area contributed by atoms with Crippen LogP contribution >= 0.6 is 11.8 Å². The quantitative estimate of drug-likeness (QED) is 0.374. The lowest BCUT2D eigenvalue weighted by atomic mass is 10.1. The van der Waals surface area contributed by atoms with Gasteiger partial charge in [-0.2, -0.15) is 0 Å². The number of carboxylic acids is 1. The highest BCUT2D eigenvalue weighted by Gasteiger charge is 2.39. The summed E-state index contributed by atoms with van der Waals surface area (Å²) in [7, 11) is 3.09. The summed E-state index contributed by atoms with van der Waals surface area (Å²) >= 11 is 1.10. The lowest BCUT2D eigenvalue weighted by Crippen LogP contribution is -2.35. The van der Waals surface area contributed by atoms with Crippen LogP contribution in [0.3, 0.4) is 0 Å². The molecule has 1 aliphatic heterocycles. The van der Waals surface area contributed by atoms with E-state index in [1.165, 1.54) is 48.4 Å². The van der Waals surface area contributed by atoms with Crippen LogP contribution in [0.25, 0.3) is 0 Å². The summed E-state index contributed by atoms with van der Waals surface area (Å²) in [6.07, 6.45) is 0.311. The number of amidine groups is 1. The van der Waals surface area contributed by atoms with Crippen LogP contribution in [0.15, 0.2) is 71.7 Å². The van der Waals surface area contributed by atoms with Crippen LogP contribution in [0.5, 0.6) is 11.5 Å². The fourth-order valence-corrected chi connectivity index (χ4v) is 5.11. The molecule has 0 spiro atoms. The number of methoxy groups -OCH3 is 2. The highest BCUT2D eigenvalue weighted by atomic mass is 32.2. The van der Waals surface area contributed by atoms with Crippen molar-refractivity contribution in [3.8, 4) is 11.5 Å². The molecule has 2 amide bonds. The molecule has 1 fully saturated rings. The van der Waals surface area contributed by atoms with Crippen molar-refractivity contribution < 1.29 is 33.4 Å². The fourth-order valence-electron chi connectivity index (χ4n) is 3.93. The molecule has 0 aliphatic carbocycles. The number of halogens is 1. The van der Waals surface area contributed by atoms with E-state index in [2.05, 4.69) is 10.3 Å². The third-order valence-corrected chi connectivity index (χ3v) is 7.12. The van der Waals surface area contributed by atoms with E-state index >= 15 is 0 Å². The number of para-hydroxylation sites is 1. The molecule has 0 bridgehead atoms. The fraction of sp³-hybridized carbons (Fsp3) is 0.214. The molecule has 0 saturated carbocycles. The van der Waals surface area contributed by atoms with E-state index in [9.17, 15) is 18.8 Å². The predicted molar refractivity (Wildman–Crippen MR) is 146 cm³/mol. The minimum absolute atomic E-state index is 0.0903. The first-order valence-electron chi connectivity index (χ1n) is 11.9. The zero-order chi connectivity index (χ0) is 27.9. The summed E-state index contributed by atoms with van der Waals surface area (Å²) in [6.45, 7) is 0.253. The van der Waals surface area contributed by atoms with Gasteiger partial charge in [0.25, 0.3) is 0 Å². The maximum atomic E-state index is 14.4. The zero-order valence-corrected chi connectivity index (χ0v) is 22.0. The van der Waals surface area contributed by atoms with Crippen molar-refractivity contribution >= 4 is 46.1 Å². The van der Waals surface area contributed by atoms with Crippen molar-refractivity contribution in [2.24, 2.45) is 4.99 Å². The largest absolute Gasteiger partial charge is 0.493 e. The summed E-state index contributed by atoms with van der Waals surface area (Å²) in [4.78, 5) is 43.0. The second kappa shape index (κ2) is 12.4. The van der Waals surface area contributed by atoms with Crippen LogP contribution in [0.2, 0.25) is 0 Å². The summed E-state index contributed by atoms with van der Waals surface area (Å²) in [5.41, 5.74) is 1.48. The molecular formula is C28H26FN3O6S. The van der Waals surface area contributed by atoms with Crippen molar-refractivity contribution in [2.45, 2.75) is 18.1 Å². The molecule has 1 heterocycles. The normalized spacial score (nSPS) is 15.9. The van der Waals surface area contributed by atoms with Crippen molar-refractivity contribution in [1.29, 1.82) is 0 Å². The molecule has 0 aromatic heterocycles. The van der Waals surface area contributed by atoms with E-state index < -0.39 is 22.9 Å². The summed E-state index contributed by atoms with van der Waals surface area (Å²) in [5, 5.41) is 11.3. The minimum atomic E-state index is -1.07. The molecule has 39 heavy (non-hydrogen) atoms. The Morgan fingerprint density at radius 2 is 1.77 bits per heavy atom. The molecule has 3 aromatic carbocycles. The number of thioether (sulfide) groups is 1. The van der Waals surface area contributed by atoms with Gasteiger partial charge in [0, 0.05) is 18.7 Å². The molecule has 9 nitrogen and oxygen atoms in total. The SMILES string of the molecule is COc1ccc(CCN2C(=O)C(CC(=O)Nc3ccc(C(=O)O)cc3)SC2=Nc2ccccc2F)cc1OC. The van der Waals surface area contributed by atoms with E-state index in [1.54, 1.807) is 25.3 Å². The Labute approximate surface area is 228 Å². The molecule has 1 saturated heterocycles. The first kappa shape index (κ1) is 27.6. The lowest BCUT2D eigenvalue weighted by molar-refractivity contribution is -0.128. The molecule has 4 rings (SSSR count). The Morgan fingerprint density at radius 1 is 1.05 bits per heavy atom. The van der Waals surface area contributed by atoms with Crippen LogP contribution in [0.4, 0.5) is 15.8 Å². The number of amides is 2. The van der Waals surface area contributed by atoms with Gasteiger partial charge >= 0.3 is 5.97 Å². The molecule has 1 unspecified atom stereocenters. The van der Waals surface area contributed by atoms with Crippen LogP contribution < -0.4 is 14.8 Å². The van der Waals surface area contributed by atoms with Crippen LogP contribution in [-0.4, -0.2) is 59.0 Å². The topological polar surface area (TPSA) is 118 Å². The number of hydrogen-bond donors (Lipinski definition) is 2. The van der Waals surface area contributed by atoms with Gasteiger partial charge in [-0.15, -0.1) is 0 Å². The number of aliphatic imine (C=N–C) groups is 1. The molecule has 0 radical (unpaired) electrons. The number of hydrogen-bond acceptors (Lipinski definition) is 7. The second-order valence-electron chi connectivity index (χ2n) is 8.52. The smallest absolute Gasteiger partial charge is 0.335 e. The molecule has 1 aliphatic rings. The Balaban J connectivity index is 1.51. The first-order chi connectivity index (χ1) is 18.8. The van der Waals surface area contributed by atoms with E-state index in [4.69, 9.17) is 14.6 Å². The van der Waals surface area contributed by atoms with Crippen molar-refractivity contribution in [1.82, 2.24) is 4.90 Å². The Bertz CT molecular complexity index is 1410. The summed E-state index contributed by atoms with van der Waals surface area (Å²) in [5.74, 6) is -1.19. The third kappa shape index (κ3) is 6.74. The molecule has 2 N–H and O–H groups in total. The van der Waals surface area contributed by atoms with Gasteiger partial charge in [-0.05, 0) is 60.5 Å². The molecule has 11 heteroatoms. The maximum absolute atomic E-state index is 14.4. The van der Waals surface area contributed by atoms with Gasteiger partial charge in [0.2, 0.25) is 11.8 Å². The van der Waals surface area contributed by atoms with Gasteiger partial charge in [0.1, 0.15) is 16.8 Å². The minimum Gasteiger partial charge on any atom is -0.493 e. The van der Waals surface area contributed by atoms with Crippen molar-refractivity contribution in [2.75, 3.05) is 26.1 Å². The Morgan fingerprint density at radius 3 is 2.44 bits per heavy atom. The van der Waals surface area contributed by atoms with Gasteiger partial charge in [-0.1, -0.05) is 30.0 Å². The average Bonchev–Trinajstić information content (AvgIpc) is 3.21. The number of ether oxygens (including phenoxy) is 2. The number of benzene rings is 3. The van der Waals surface area contributed by atoms with E-state index in [1.807, 2.05) is 12.1 Å². The number of nitrogens with one attached hydrogen (secondary N) is 1. The van der Waals surface area contributed by atoms with Crippen molar-refractivity contribution in [3.05, 3.63) is 83.7 Å². The van der Waals surface area contributed by atoms with Crippen LogP contribution in [0.1, 0.15) is 22.3 Å². The van der Waals surface area contributed by atoms with Gasteiger partial charge in [-0.3, -0.25) is 14.5 Å². The molecule has 1 atom stereocenters. The first-order valence-corrected chi connectivity index (χ1v) is 12.8. The van der Waals surface area contributed by atoms with Gasteiger partial charge < -0.3 is 19.9 Å². The van der Waals surface area contributed by atoms with E-state index in [0.717, 1.165) is 17.3 Å². The predicted octanol–water partition coefficient (Wildman–Crippen LogP) is 4.74. The molecular weight excluding hydrogens is 525 g/mol. The third-order valence-electron chi connectivity index (χ3n) is 5.95. The van der Waals surface area contributed by atoms with Gasteiger partial charge in [0.05, 0.1) is 19.8 Å². The standard InChI is InChI=1S/C28H26FN3O6S/c1-37-22-12-7-17(15-23(22)38-2)13-14-32-26(34)24(39-28(32)31-21-6-4-3-5-20(21)29)16-25(33)30-19-10-8-18(9-11-19)27(35)36/h3-12,15,24H,13-14,16H2,1-2H3,(H,30,33)(H,35,36). The van der Waals surface area contributed by atoms with E-state index in [-0.39, 0.29) is 30.1 Å². The number of anilines is 1. The van der Waals surface area contributed by atoms with Gasteiger partial charge in [0.15, 0.2) is 16.7 Å². The summed E-state index contributed by atoms with van der Waals surface area (Å²) < 4.78 is 25.0. The lowest BCUT2D eigenvalue weighted by Gasteiger charge is -2.17. The molecule has 202 valence electrons. The zero-order valence-electron chi connectivity index (χ0n) is 21.2.